The minimum absolute atomic E-state index is 0.00995. The van der Waals surface area contributed by atoms with E-state index in [0.717, 1.165) is 46.1 Å². The van der Waals surface area contributed by atoms with E-state index in [1.165, 1.54) is 24.3 Å². The van der Waals surface area contributed by atoms with Crippen molar-refractivity contribution in [2.45, 2.75) is 77.7 Å². The van der Waals surface area contributed by atoms with Gasteiger partial charge in [-0.25, -0.2) is 20.4 Å². The van der Waals surface area contributed by atoms with Crippen molar-refractivity contribution in [1.82, 2.24) is 21.5 Å². The molecule has 20 heteroatoms. The van der Waals surface area contributed by atoms with E-state index < -0.39 is 35.2 Å². The first-order valence-electron chi connectivity index (χ1n) is 23.9. The van der Waals surface area contributed by atoms with Crippen molar-refractivity contribution in [3.8, 4) is 23.6 Å². The number of esters is 2. The van der Waals surface area contributed by atoms with Gasteiger partial charge in [0, 0.05) is 108 Å². The first-order chi connectivity index (χ1) is 35.3. The van der Waals surface area contributed by atoms with E-state index in [1.54, 1.807) is 12.1 Å². The van der Waals surface area contributed by atoms with E-state index in [4.69, 9.17) is 42.1 Å². The van der Waals surface area contributed by atoms with Gasteiger partial charge in [-0.3, -0.25) is 9.59 Å². The molecule has 74 heavy (non-hydrogen) atoms. The lowest BCUT2D eigenvalue weighted by molar-refractivity contribution is -0.147. The SMILES string of the molecule is CC1CC(=O)NN=C1c1ccc(NCC(C)(C)NCC(COc2cc(Cl)ccc2C#N)OC(=O)/C=C\C(=O)OC(CNC(C)(C)CNc2ccc(C3=NNC(=O)CC3C)cc2)COc2cc(Cl)ccc2C#N)cc1. The van der Waals surface area contributed by atoms with Gasteiger partial charge in [0.05, 0.1) is 22.6 Å². The second-order valence-corrected chi connectivity index (χ2v) is 20.1. The molecule has 0 aromatic heterocycles. The molecule has 6 rings (SSSR count). The Morgan fingerprint density at radius 1 is 0.662 bits per heavy atom. The van der Waals surface area contributed by atoms with Crippen LogP contribution < -0.4 is 41.6 Å². The third-order valence-corrected chi connectivity index (χ3v) is 12.3. The van der Waals surface area contributed by atoms with Crippen molar-refractivity contribution < 1.29 is 38.1 Å². The summed E-state index contributed by atoms with van der Waals surface area (Å²) in [5.41, 5.74) is 9.59. The molecular formula is C54H60Cl2N10O8. The van der Waals surface area contributed by atoms with Gasteiger partial charge in [0.25, 0.3) is 0 Å². The maximum atomic E-state index is 13.4. The molecule has 2 heterocycles. The fraction of sp³-hybridized carbons (Fsp3) is 0.370. The third kappa shape index (κ3) is 17.1. The molecular weight excluding hydrogens is 988 g/mol. The maximum absolute atomic E-state index is 13.4. The van der Waals surface area contributed by atoms with Gasteiger partial charge < -0.3 is 40.2 Å². The quantitative estimate of drug-likeness (QED) is 0.0299. The monoisotopic (exact) mass is 1050 g/mol. The van der Waals surface area contributed by atoms with E-state index in [2.05, 4.69) is 54.5 Å². The molecule has 0 bridgehead atoms. The summed E-state index contributed by atoms with van der Waals surface area (Å²) in [6.45, 7) is 12.6. The Morgan fingerprint density at radius 3 is 1.39 bits per heavy atom. The van der Waals surface area contributed by atoms with Crippen LogP contribution in [-0.2, 0) is 28.7 Å². The van der Waals surface area contributed by atoms with Crippen LogP contribution in [0.1, 0.15) is 76.6 Å². The highest BCUT2D eigenvalue weighted by atomic mass is 35.5. The summed E-state index contributed by atoms with van der Waals surface area (Å²) in [5, 5.41) is 42.3. The molecule has 6 N–H and O–H groups in total. The Labute approximate surface area is 440 Å². The van der Waals surface area contributed by atoms with E-state index in [1.807, 2.05) is 90.1 Å². The molecule has 2 amide bonds. The zero-order valence-corrected chi connectivity index (χ0v) is 43.5. The number of hydrogen-bond acceptors (Lipinski definition) is 16. The maximum Gasteiger partial charge on any atom is 0.331 e. The van der Waals surface area contributed by atoms with Crippen LogP contribution in [-0.4, -0.2) is 97.9 Å². The minimum atomic E-state index is -0.920. The number of hydrazone groups is 2. The molecule has 0 radical (unpaired) electrons. The van der Waals surface area contributed by atoms with E-state index in [0.29, 0.717) is 36.0 Å². The summed E-state index contributed by atoms with van der Waals surface area (Å²) in [5.74, 6) is -1.57. The number of ether oxygens (including phenoxy) is 4. The number of anilines is 2. The van der Waals surface area contributed by atoms with Crippen molar-refractivity contribution >= 4 is 69.8 Å². The Kier molecular flexibility index (Phi) is 19.6. The number of hydrogen-bond donors (Lipinski definition) is 6. The molecule has 18 nitrogen and oxygen atoms in total. The van der Waals surface area contributed by atoms with Crippen molar-refractivity contribution in [2.75, 3.05) is 50.0 Å². The lowest BCUT2D eigenvalue weighted by atomic mass is 9.94. The molecule has 4 atom stereocenters. The molecule has 0 saturated heterocycles. The zero-order chi connectivity index (χ0) is 53.4. The van der Waals surface area contributed by atoms with E-state index in [-0.39, 0.29) is 72.6 Å². The van der Waals surface area contributed by atoms with Crippen molar-refractivity contribution in [1.29, 1.82) is 10.5 Å². The van der Waals surface area contributed by atoms with Gasteiger partial charge in [0.15, 0.2) is 0 Å². The first kappa shape index (κ1) is 55.8. The number of carbonyl (C=O) groups excluding carboxylic acids is 4. The Hall–Kier alpha value is -7.48. The molecule has 388 valence electrons. The highest BCUT2D eigenvalue weighted by molar-refractivity contribution is 6.31. The highest BCUT2D eigenvalue weighted by Gasteiger charge is 2.27. The Morgan fingerprint density at radius 2 is 1.04 bits per heavy atom. The van der Waals surface area contributed by atoms with Crippen LogP contribution in [0.2, 0.25) is 10.0 Å². The predicted molar refractivity (Wildman–Crippen MR) is 283 cm³/mol. The van der Waals surface area contributed by atoms with Gasteiger partial charge in [-0.15, -0.1) is 0 Å². The van der Waals surface area contributed by atoms with Gasteiger partial charge >= 0.3 is 11.9 Å². The number of nitrogens with zero attached hydrogens (tertiary/aromatic N) is 4. The van der Waals surface area contributed by atoms with Gasteiger partial charge in [-0.1, -0.05) is 61.3 Å². The zero-order valence-electron chi connectivity index (χ0n) is 42.0. The highest BCUT2D eigenvalue weighted by Crippen LogP contribution is 2.26. The fourth-order valence-corrected chi connectivity index (χ4v) is 7.99. The summed E-state index contributed by atoms with van der Waals surface area (Å²) < 4.78 is 23.6. The fourth-order valence-electron chi connectivity index (χ4n) is 7.67. The topological polar surface area (TPSA) is 250 Å². The second kappa shape index (κ2) is 26.0. The van der Waals surface area contributed by atoms with E-state index >= 15 is 0 Å². The van der Waals surface area contributed by atoms with Crippen molar-refractivity contribution in [2.24, 2.45) is 22.0 Å². The standard InChI is InChI=1S/C54H60Cl2N10O8/c1-33-21-47(67)63-65-51(33)35-9-15-41(16-10-35)59-31-53(3,4)61-27-43(29-71-45-23-39(55)13-7-37(45)25-57)73-49(69)19-20-50(70)74-44(30-72-46-24-40(56)14-8-38(46)26-58)28-62-54(5,6)32-60-42-17-11-36(12-18-42)52-34(2)22-48(68)64-66-52/h7-20,23-24,33-34,43-44,59-62H,21-22,27-32H2,1-6H3,(H,63,67)(H,64,68)/b20-19-. The summed E-state index contributed by atoms with van der Waals surface area (Å²) in [7, 11) is 0. The third-order valence-electron chi connectivity index (χ3n) is 11.9. The summed E-state index contributed by atoms with van der Waals surface area (Å²) in [6, 6.07) is 28.8. The Balaban J connectivity index is 1.08. The number of amides is 2. The normalized spacial score (nSPS) is 16.5. The van der Waals surface area contributed by atoms with Crippen LogP contribution in [0.25, 0.3) is 0 Å². The molecule has 2 aliphatic heterocycles. The van der Waals surface area contributed by atoms with Crippen LogP contribution in [0.4, 0.5) is 11.4 Å². The number of rotatable bonds is 24. The van der Waals surface area contributed by atoms with Crippen LogP contribution >= 0.6 is 23.2 Å². The number of benzene rings is 4. The first-order valence-corrected chi connectivity index (χ1v) is 24.7. The molecule has 0 saturated carbocycles. The molecule has 4 aromatic rings. The Bertz CT molecular complexity index is 2650. The molecule has 0 spiro atoms. The van der Waals surface area contributed by atoms with Gasteiger partial charge in [0.1, 0.15) is 49.1 Å². The summed E-state index contributed by atoms with van der Waals surface area (Å²) in [6.07, 6.45) is 0.799. The van der Waals surface area contributed by atoms with Crippen molar-refractivity contribution in [3.63, 3.8) is 0 Å². The summed E-state index contributed by atoms with van der Waals surface area (Å²) >= 11 is 12.4. The molecule has 0 fully saturated rings. The molecule has 4 aromatic carbocycles. The van der Waals surface area contributed by atoms with Crippen LogP contribution in [0.15, 0.2) is 107 Å². The summed E-state index contributed by atoms with van der Waals surface area (Å²) in [4.78, 5) is 50.3. The largest absolute Gasteiger partial charge is 0.488 e. The smallest absolute Gasteiger partial charge is 0.331 e. The average molecular weight is 1050 g/mol. The minimum Gasteiger partial charge on any atom is -0.488 e. The lowest BCUT2D eigenvalue weighted by Crippen LogP contribution is -2.50. The van der Waals surface area contributed by atoms with Gasteiger partial charge in [-0.2, -0.15) is 20.7 Å². The number of nitrogens with one attached hydrogen (secondary N) is 6. The van der Waals surface area contributed by atoms with E-state index in [9.17, 15) is 29.7 Å². The van der Waals surface area contributed by atoms with Gasteiger partial charge in [-0.05, 0) is 87.4 Å². The average Bonchev–Trinajstić information content (AvgIpc) is 3.36. The second-order valence-electron chi connectivity index (χ2n) is 19.2. The molecule has 2 aliphatic rings. The number of halogens is 2. The van der Waals surface area contributed by atoms with Crippen LogP contribution in [0, 0.1) is 34.5 Å². The van der Waals surface area contributed by atoms with Crippen LogP contribution in [0.3, 0.4) is 0 Å². The van der Waals surface area contributed by atoms with Crippen molar-refractivity contribution in [3.05, 3.63) is 129 Å². The number of carbonyl (C=O) groups is 4. The predicted octanol–water partition coefficient (Wildman–Crippen LogP) is 7.26. The molecule has 4 unspecified atom stereocenters. The van der Waals surface area contributed by atoms with Crippen LogP contribution in [0.5, 0.6) is 11.5 Å². The molecule has 0 aliphatic carbocycles. The van der Waals surface area contributed by atoms with Gasteiger partial charge in [0.2, 0.25) is 11.8 Å². The number of nitriles is 2. The lowest BCUT2D eigenvalue weighted by Gasteiger charge is -2.30.